The summed E-state index contributed by atoms with van der Waals surface area (Å²) in [4.78, 5) is 0. The first-order valence-corrected chi connectivity index (χ1v) is 8.53. The number of hydrogen-bond donors (Lipinski definition) is 1. The molecular formula is C16H16Br2ClNO. The normalized spacial score (nSPS) is 12.2. The van der Waals surface area contributed by atoms with Crippen molar-refractivity contribution >= 4 is 43.5 Å². The Morgan fingerprint density at radius 1 is 1.10 bits per heavy atom. The molecule has 0 saturated carbocycles. The molecule has 0 amide bonds. The molecule has 112 valence electrons. The average molecular weight is 434 g/mol. The van der Waals surface area contributed by atoms with Gasteiger partial charge in [0, 0.05) is 25.6 Å². The number of hydrogen-bond acceptors (Lipinski definition) is 2. The molecule has 0 heterocycles. The standard InChI is InChI=1S/C16H16Br2ClNO/c1-10(20)6-12-7-13(17)4-5-16(12)21-9-11-2-3-14(18)8-15(11)19/h2-5,7-8,10H,6,9,20H2,1H3. The van der Waals surface area contributed by atoms with Gasteiger partial charge in [-0.15, -0.1) is 0 Å². The van der Waals surface area contributed by atoms with Crippen LogP contribution in [0.5, 0.6) is 5.75 Å². The van der Waals surface area contributed by atoms with Crippen molar-refractivity contribution in [3.05, 3.63) is 61.5 Å². The summed E-state index contributed by atoms with van der Waals surface area (Å²) in [6, 6.07) is 11.8. The highest BCUT2D eigenvalue weighted by molar-refractivity contribution is 9.10. The van der Waals surface area contributed by atoms with Crippen LogP contribution < -0.4 is 10.5 Å². The molecule has 0 saturated heterocycles. The smallest absolute Gasteiger partial charge is 0.123 e. The molecule has 21 heavy (non-hydrogen) atoms. The molecule has 0 radical (unpaired) electrons. The maximum atomic E-state index is 6.21. The fourth-order valence-corrected chi connectivity index (χ4v) is 3.13. The molecule has 0 spiro atoms. The lowest BCUT2D eigenvalue weighted by Crippen LogP contribution is -2.18. The van der Waals surface area contributed by atoms with E-state index in [4.69, 9.17) is 22.1 Å². The minimum absolute atomic E-state index is 0.0814. The molecule has 2 rings (SSSR count). The zero-order valence-electron chi connectivity index (χ0n) is 11.6. The molecule has 0 aliphatic rings. The number of rotatable bonds is 5. The Morgan fingerprint density at radius 2 is 1.76 bits per heavy atom. The Labute approximate surface area is 146 Å². The van der Waals surface area contributed by atoms with Crippen molar-refractivity contribution in [1.29, 1.82) is 0 Å². The fraction of sp³-hybridized carbons (Fsp3) is 0.250. The first-order valence-electron chi connectivity index (χ1n) is 6.56. The first kappa shape index (κ1) is 16.8. The second-order valence-electron chi connectivity index (χ2n) is 4.96. The topological polar surface area (TPSA) is 35.2 Å². The van der Waals surface area contributed by atoms with Gasteiger partial charge in [0.05, 0.1) is 0 Å². The zero-order chi connectivity index (χ0) is 15.4. The van der Waals surface area contributed by atoms with Crippen molar-refractivity contribution in [2.75, 3.05) is 0 Å². The number of halogens is 3. The van der Waals surface area contributed by atoms with Crippen LogP contribution in [0.3, 0.4) is 0 Å². The predicted molar refractivity (Wildman–Crippen MR) is 95.0 cm³/mol. The second kappa shape index (κ2) is 7.63. The lowest BCUT2D eigenvalue weighted by atomic mass is 10.1. The largest absolute Gasteiger partial charge is 0.489 e. The van der Waals surface area contributed by atoms with Gasteiger partial charge in [-0.25, -0.2) is 0 Å². The maximum absolute atomic E-state index is 6.21. The SMILES string of the molecule is CC(N)Cc1cc(Br)ccc1OCc1ccc(Br)cc1Cl. The quantitative estimate of drug-likeness (QED) is 0.691. The van der Waals surface area contributed by atoms with Crippen LogP contribution >= 0.6 is 43.5 Å². The Morgan fingerprint density at radius 3 is 2.43 bits per heavy atom. The highest BCUT2D eigenvalue weighted by atomic mass is 79.9. The van der Waals surface area contributed by atoms with E-state index in [0.29, 0.717) is 11.6 Å². The van der Waals surface area contributed by atoms with Crippen molar-refractivity contribution in [1.82, 2.24) is 0 Å². The fourth-order valence-electron chi connectivity index (χ4n) is 1.99. The molecule has 0 bridgehead atoms. The molecule has 0 fully saturated rings. The highest BCUT2D eigenvalue weighted by Crippen LogP contribution is 2.27. The van der Waals surface area contributed by atoms with Crippen LogP contribution in [0.4, 0.5) is 0 Å². The van der Waals surface area contributed by atoms with Gasteiger partial charge in [-0.05, 0) is 49.2 Å². The van der Waals surface area contributed by atoms with E-state index in [1.165, 1.54) is 0 Å². The van der Waals surface area contributed by atoms with Gasteiger partial charge in [0.25, 0.3) is 0 Å². The summed E-state index contributed by atoms with van der Waals surface area (Å²) in [5.74, 6) is 0.842. The van der Waals surface area contributed by atoms with E-state index in [-0.39, 0.29) is 6.04 Å². The molecule has 0 aromatic heterocycles. The van der Waals surface area contributed by atoms with E-state index >= 15 is 0 Å². The van der Waals surface area contributed by atoms with E-state index in [9.17, 15) is 0 Å². The van der Waals surface area contributed by atoms with Gasteiger partial charge in [-0.1, -0.05) is 49.5 Å². The van der Waals surface area contributed by atoms with Crippen LogP contribution in [0.1, 0.15) is 18.1 Å². The Balaban J connectivity index is 2.15. The van der Waals surface area contributed by atoms with Crippen molar-refractivity contribution in [2.45, 2.75) is 26.0 Å². The second-order valence-corrected chi connectivity index (χ2v) is 7.20. The summed E-state index contributed by atoms with van der Waals surface area (Å²) in [7, 11) is 0. The monoisotopic (exact) mass is 431 g/mol. The third-order valence-electron chi connectivity index (χ3n) is 2.96. The predicted octanol–water partition coefficient (Wildman–Crippen LogP) is 5.33. The molecule has 2 N–H and O–H groups in total. The summed E-state index contributed by atoms with van der Waals surface area (Å²) in [6.07, 6.45) is 0.767. The van der Waals surface area contributed by atoms with Gasteiger partial charge < -0.3 is 10.5 Å². The molecule has 5 heteroatoms. The number of ether oxygens (including phenoxy) is 1. The highest BCUT2D eigenvalue weighted by Gasteiger charge is 2.09. The molecule has 0 aliphatic heterocycles. The van der Waals surface area contributed by atoms with Crippen LogP contribution in [0.2, 0.25) is 5.02 Å². The molecule has 1 atom stereocenters. The number of benzene rings is 2. The third kappa shape index (κ3) is 4.99. The Hall–Kier alpha value is -0.550. The number of nitrogens with two attached hydrogens (primary N) is 1. The Kier molecular flexibility index (Phi) is 6.11. The van der Waals surface area contributed by atoms with Crippen molar-refractivity contribution in [3.8, 4) is 5.75 Å². The van der Waals surface area contributed by atoms with Gasteiger partial charge in [-0.3, -0.25) is 0 Å². The van der Waals surface area contributed by atoms with E-state index in [2.05, 4.69) is 31.9 Å². The summed E-state index contributed by atoms with van der Waals surface area (Å²) in [6.45, 7) is 2.41. The first-order chi connectivity index (χ1) is 9.95. The van der Waals surface area contributed by atoms with Crippen LogP contribution in [0.15, 0.2) is 45.3 Å². The van der Waals surface area contributed by atoms with E-state index in [1.54, 1.807) is 0 Å². The molecular weight excluding hydrogens is 417 g/mol. The van der Waals surface area contributed by atoms with Crippen molar-refractivity contribution in [2.24, 2.45) is 5.73 Å². The molecule has 0 aliphatic carbocycles. The summed E-state index contributed by atoms with van der Waals surface area (Å²) in [5, 5.41) is 0.690. The van der Waals surface area contributed by atoms with E-state index in [1.807, 2.05) is 43.3 Å². The summed E-state index contributed by atoms with van der Waals surface area (Å²) >= 11 is 13.1. The summed E-state index contributed by atoms with van der Waals surface area (Å²) < 4.78 is 7.90. The summed E-state index contributed by atoms with van der Waals surface area (Å²) in [5.41, 5.74) is 7.94. The van der Waals surface area contributed by atoms with Gasteiger partial charge >= 0.3 is 0 Å². The van der Waals surface area contributed by atoms with Gasteiger partial charge in [0.2, 0.25) is 0 Å². The van der Waals surface area contributed by atoms with E-state index < -0.39 is 0 Å². The van der Waals surface area contributed by atoms with Gasteiger partial charge in [0.1, 0.15) is 12.4 Å². The van der Waals surface area contributed by atoms with Crippen LogP contribution in [-0.4, -0.2) is 6.04 Å². The molecule has 1 unspecified atom stereocenters. The lowest BCUT2D eigenvalue weighted by Gasteiger charge is -2.14. The van der Waals surface area contributed by atoms with Crippen LogP contribution in [-0.2, 0) is 13.0 Å². The van der Waals surface area contributed by atoms with Crippen molar-refractivity contribution in [3.63, 3.8) is 0 Å². The lowest BCUT2D eigenvalue weighted by molar-refractivity contribution is 0.302. The van der Waals surface area contributed by atoms with Crippen molar-refractivity contribution < 1.29 is 4.74 Å². The van der Waals surface area contributed by atoms with Gasteiger partial charge in [-0.2, -0.15) is 0 Å². The molecule has 2 aromatic carbocycles. The zero-order valence-corrected chi connectivity index (χ0v) is 15.5. The molecule has 2 aromatic rings. The molecule has 2 nitrogen and oxygen atoms in total. The minimum atomic E-state index is 0.0814. The Bertz CT molecular complexity index is 632. The van der Waals surface area contributed by atoms with Crippen LogP contribution in [0, 0.1) is 0 Å². The van der Waals surface area contributed by atoms with Crippen LogP contribution in [0.25, 0.3) is 0 Å². The van der Waals surface area contributed by atoms with Gasteiger partial charge in [0.15, 0.2) is 0 Å². The third-order valence-corrected chi connectivity index (χ3v) is 4.30. The minimum Gasteiger partial charge on any atom is -0.489 e. The maximum Gasteiger partial charge on any atom is 0.123 e. The average Bonchev–Trinajstić information content (AvgIpc) is 2.39. The van der Waals surface area contributed by atoms with E-state index in [0.717, 1.165) is 32.2 Å².